The Hall–Kier alpha value is -1.49. The molecule has 0 aliphatic heterocycles. The highest BCUT2D eigenvalue weighted by Gasteiger charge is 2.09. The minimum Gasteiger partial charge on any atom is -0.382 e. The second-order valence-corrected chi connectivity index (χ2v) is 4.78. The van der Waals surface area contributed by atoms with Crippen LogP contribution in [0.5, 0.6) is 0 Å². The molecule has 0 aliphatic carbocycles. The fraction of sp³-hybridized carbons (Fsp3) is 0.500. The standard InChI is InChI=1S/C14H20N2/c1-10(2)8-12(4)16-14-7-5-6-11(3)13(14)9-15/h5-7,10,12,16H,8H2,1-4H3. The van der Waals surface area contributed by atoms with Crippen molar-refractivity contribution in [2.45, 2.75) is 40.2 Å². The monoisotopic (exact) mass is 216 g/mol. The number of hydrogen-bond acceptors (Lipinski definition) is 2. The predicted octanol–water partition coefficient (Wildman–Crippen LogP) is 3.71. The molecule has 0 fully saturated rings. The third kappa shape index (κ3) is 3.27. The molecule has 86 valence electrons. The van der Waals surface area contributed by atoms with E-state index >= 15 is 0 Å². The lowest BCUT2D eigenvalue weighted by Crippen LogP contribution is -2.18. The first kappa shape index (κ1) is 12.6. The Kier molecular flexibility index (Phi) is 4.37. The number of anilines is 1. The maximum Gasteiger partial charge on any atom is 0.102 e. The van der Waals surface area contributed by atoms with E-state index in [1.807, 2.05) is 25.1 Å². The van der Waals surface area contributed by atoms with Crippen LogP contribution in [0.2, 0.25) is 0 Å². The zero-order valence-electron chi connectivity index (χ0n) is 10.5. The summed E-state index contributed by atoms with van der Waals surface area (Å²) in [5.74, 6) is 0.665. The molecule has 1 N–H and O–H groups in total. The number of benzene rings is 1. The average molecular weight is 216 g/mol. The van der Waals surface area contributed by atoms with Crippen LogP contribution in [0.25, 0.3) is 0 Å². The number of nitriles is 1. The average Bonchev–Trinajstić information content (AvgIpc) is 2.16. The molecule has 1 atom stereocenters. The van der Waals surface area contributed by atoms with E-state index in [4.69, 9.17) is 5.26 Å². The van der Waals surface area contributed by atoms with Crippen molar-refractivity contribution in [3.8, 4) is 6.07 Å². The number of rotatable bonds is 4. The molecule has 1 aromatic rings. The Morgan fingerprint density at radius 3 is 2.56 bits per heavy atom. The van der Waals surface area contributed by atoms with Gasteiger partial charge in [0, 0.05) is 6.04 Å². The van der Waals surface area contributed by atoms with Crippen molar-refractivity contribution in [2.24, 2.45) is 5.92 Å². The molecule has 1 aromatic carbocycles. The smallest absolute Gasteiger partial charge is 0.102 e. The van der Waals surface area contributed by atoms with Gasteiger partial charge in [0.05, 0.1) is 11.3 Å². The largest absolute Gasteiger partial charge is 0.382 e. The molecule has 2 nitrogen and oxygen atoms in total. The quantitative estimate of drug-likeness (QED) is 0.832. The maximum absolute atomic E-state index is 9.10. The fourth-order valence-corrected chi connectivity index (χ4v) is 1.97. The highest BCUT2D eigenvalue weighted by atomic mass is 14.9. The van der Waals surface area contributed by atoms with Gasteiger partial charge in [-0.2, -0.15) is 5.26 Å². The van der Waals surface area contributed by atoms with Crippen LogP contribution in [-0.2, 0) is 0 Å². The Bertz CT molecular complexity index is 388. The van der Waals surface area contributed by atoms with Gasteiger partial charge in [0.1, 0.15) is 6.07 Å². The first-order valence-corrected chi connectivity index (χ1v) is 5.80. The first-order valence-electron chi connectivity index (χ1n) is 5.80. The normalized spacial score (nSPS) is 12.2. The summed E-state index contributed by atoms with van der Waals surface area (Å²) in [5, 5.41) is 12.5. The van der Waals surface area contributed by atoms with E-state index in [1.54, 1.807) is 0 Å². The molecule has 0 aliphatic rings. The van der Waals surface area contributed by atoms with Crippen LogP contribution in [0.3, 0.4) is 0 Å². The van der Waals surface area contributed by atoms with E-state index in [9.17, 15) is 0 Å². The maximum atomic E-state index is 9.10. The summed E-state index contributed by atoms with van der Waals surface area (Å²) in [5.41, 5.74) is 2.75. The highest BCUT2D eigenvalue weighted by molar-refractivity contribution is 5.60. The van der Waals surface area contributed by atoms with Gasteiger partial charge in [0.15, 0.2) is 0 Å². The summed E-state index contributed by atoms with van der Waals surface area (Å²) in [6.45, 7) is 8.54. The van der Waals surface area contributed by atoms with Crippen molar-refractivity contribution in [1.29, 1.82) is 5.26 Å². The van der Waals surface area contributed by atoms with Gasteiger partial charge in [-0.1, -0.05) is 26.0 Å². The molecule has 0 bridgehead atoms. The minimum atomic E-state index is 0.397. The molecule has 1 rings (SSSR count). The molecular formula is C14H20N2. The van der Waals surface area contributed by atoms with E-state index in [-0.39, 0.29) is 0 Å². The van der Waals surface area contributed by atoms with Crippen LogP contribution in [0.15, 0.2) is 18.2 Å². The molecule has 0 heterocycles. The number of hydrogen-bond donors (Lipinski definition) is 1. The zero-order chi connectivity index (χ0) is 12.1. The summed E-state index contributed by atoms with van der Waals surface area (Å²) in [6, 6.07) is 8.59. The van der Waals surface area contributed by atoms with Gasteiger partial charge in [-0.25, -0.2) is 0 Å². The molecule has 1 unspecified atom stereocenters. The third-order valence-corrected chi connectivity index (χ3v) is 2.61. The molecule has 0 amide bonds. The topological polar surface area (TPSA) is 35.8 Å². The lowest BCUT2D eigenvalue weighted by atomic mass is 10.0. The molecule has 0 saturated carbocycles. The van der Waals surface area contributed by atoms with Crippen LogP contribution < -0.4 is 5.32 Å². The predicted molar refractivity (Wildman–Crippen MR) is 68.4 cm³/mol. The number of nitrogens with one attached hydrogen (secondary N) is 1. The lowest BCUT2D eigenvalue weighted by molar-refractivity contribution is 0.540. The first-order chi connectivity index (χ1) is 7.54. The molecule has 0 aromatic heterocycles. The zero-order valence-corrected chi connectivity index (χ0v) is 10.5. The van der Waals surface area contributed by atoms with E-state index < -0.39 is 0 Å². The molecule has 0 radical (unpaired) electrons. The van der Waals surface area contributed by atoms with Crippen molar-refractivity contribution in [3.63, 3.8) is 0 Å². The molecule has 0 spiro atoms. The van der Waals surface area contributed by atoms with Crippen LogP contribution in [0.1, 0.15) is 38.3 Å². The van der Waals surface area contributed by atoms with Crippen molar-refractivity contribution in [1.82, 2.24) is 0 Å². The van der Waals surface area contributed by atoms with Gasteiger partial charge >= 0.3 is 0 Å². The summed E-state index contributed by atoms with van der Waals surface area (Å²) < 4.78 is 0. The van der Waals surface area contributed by atoms with Crippen molar-refractivity contribution >= 4 is 5.69 Å². The SMILES string of the molecule is Cc1cccc(NC(C)CC(C)C)c1C#N. The number of aryl methyl sites for hydroxylation is 1. The Labute approximate surface area is 98.3 Å². The summed E-state index contributed by atoms with van der Waals surface area (Å²) in [6.07, 6.45) is 1.11. The number of nitrogens with zero attached hydrogens (tertiary/aromatic N) is 1. The Morgan fingerprint density at radius 1 is 1.31 bits per heavy atom. The summed E-state index contributed by atoms with van der Waals surface area (Å²) in [4.78, 5) is 0. The van der Waals surface area contributed by atoms with Gasteiger partial charge < -0.3 is 5.32 Å². The van der Waals surface area contributed by atoms with Crippen molar-refractivity contribution in [2.75, 3.05) is 5.32 Å². The van der Waals surface area contributed by atoms with Crippen LogP contribution in [0.4, 0.5) is 5.69 Å². The molecule has 0 saturated heterocycles. The van der Waals surface area contributed by atoms with E-state index in [2.05, 4.69) is 32.2 Å². The Balaban J connectivity index is 2.82. The van der Waals surface area contributed by atoms with Crippen molar-refractivity contribution in [3.05, 3.63) is 29.3 Å². The third-order valence-electron chi connectivity index (χ3n) is 2.61. The van der Waals surface area contributed by atoms with Gasteiger partial charge in [-0.15, -0.1) is 0 Å². The minimum absolute atomic E-state index is 0.397. The van der Waals surface area contributed by atoms with Crippen LogP contribution >= 0.6 is 0 Å². The summed E-state index contributed by atoms with van der Waals surface area (Å²) >= 11 is 0. The van der Waals surface area contributed by atoms with E-state index in [0.29, 0.717) is 12.0 Å². The van der Waals surface area contributed by atoms with Crippen LogP contribution in [0, 0.1) is 24.2 Å². The highest BCUT2D eigenvalue weighted by Crippen LogP contribution is 2.20. The van der Waals surface area contributed by atoms with E-state index in [0.717, 1.165) is 23.2 Å². The van der Waals surface area contributed by atoms with Gasteiger partial charge in [0.25, 0.3) is 0 Å². The lowest BCUT2D eigenvalue weighted by Gasteiger charge is -2.18. The van der Waals surface area contributed by atoms with E-state index in [1.165, 1.54) is 0 Å². The molecule has 2 heteroatoms. The van der Waals surface area contributed by atoms with Crippen molar-refractivity contribution < 1.29 is 0 Å². The Morgan fingerprint density at radius 2 is 2.00 bits per heavy atom. The molecular weight excluding hydrogens is 196 g/mol. The van der Waals surface area contributed by atoms with Gasteiger partial charge in [0.2, 0.25) is 0 Å². The van der Waals surface area contributed by atoms with Gasteiger partial charge in [-0.3, -0.25) is 0 Å². The van der Waals surface area contributed by atoms with Crippen LogP contribution in [-0.4, -0.2) is 6.04 Å². The van der Waals surface area contributed by atoms with Gasteiger partial charge in [-0.05, 0) is 37.8 Å². The second kappa shape index (κ2) is 5.55. The fourth-order valence-electron chi connectivity index (χ4n) is 1.97. The molecule has 16 heavy (non-hydrogen) atoms. The summed E-state index contributed by atoms with van der Waals surface area (Å²) in [7, 11) is 0. The second-order valence-electron chi connectivity index (χ2n) is 4.78.